The molecule has 0 saturated heterocycles. The van der Waals surface area contributed by atoms with Crippen LogP contribution in [0.4, 0.5) is 10.5 Å². The number of carbonyl (C=O) groups is 2. The summed E-state index contributed by atoms with van der Waals surface area (Å²) in [6, 6.07) is 3.62. The van der Waals surface area contributed by atoms with Crippen LogP contribution in [-0.2, 0) is 4.74 Å². The van der Waals surface area contributed by atoms with Crippen molar-refractivity contribution in [2.45, 2.75) is 20.0 Å². The number of carboxylic acid groups (broad SMARTS) is 1. The molecule has 0 radical (unpaired) electrons. The van der Waals surface area contributed by atoms with E-state index in [2.05, 4.69) is 5.32 Å². The highest BCUT2D eigenvalue weighted by molar-refractivity contribution is 5.99. The molecule has 6 heteroatoms. The Morgan fingerprint density at radius 2 is 2.00 bits per heavy atom. The molecule has 1 aromatic rings. The normalized spacial score (nSPS) is 10.1. The number of ether oxygens (including phenoxy) is 1. The molecule has 0 aliphatic rings. The van der Waals surface area contributed by atoms with Gasteiger partial charge in [0.2, 0.25) is 0 Å². The molecule has 1 aromatic carbocycles. The van der Waals surface area contributed by atoms with Gasteiger partial charge in [0.25, 0.3) is 0 Å². The summed E-state index contributed by atoms with van der Waals surface area (Å²) >= 11 is 0. The Kier molecular flexibility index (Phi) is 3.92. The lowest BCUT2D eigenvalue weighted by Gasteiger charge is -2.11. The van der Waals surface area contributed by atoms with Crippen molar-refractivity contribution in [3.8, 4) is 5.75 Å². The van der Waals surface area contributed by atoms with Gasteiger partial charge in [-0.1, -0.05) is 0 Å². The maximum absolute atomic E-state index is 11.3. The summed E-state index contributed by atoms with van der Waals surface area (Å²) < 4.78 is 4.81. The van der Waals surface area contributed by atoms with E-state index in [1.54, 1.807) is 13.8 Å². The van der Waals surface area contributed by atoms with Crippen molar-refractivity contribution in [1.29, 1.82) is 0 Å². The van der Waals surface area contributed by atoms with Crippen LogP contribution in [0.1, 0.15) is 24.2 Å². The Bertz CT molecular complexity index is 441. The molecular weight excluding hydrogens is 226 g/mol. The van der Waals surface area contributed by atoms with Crippen molar-refractivity contribution in [1.82, 2.24) is 0 Å². The predicted octanol–water partition coefficient (Wildman–Crippen LogP) is 2.05. The first-order valence-corrected chi connectivity index (χ1v) is 4.94. The van der Waals surface area contributed by atoms with E-state index in [0.717, 1.165) is 6.07 Å². The number of hydrogen-bond donors (Lipinski definition) is 3. The third-order valence-corrected chi connectivity index (χ3v) is 1.81. The molecule has 0 spiro atoms. The van der Waals surface area contributed by atoms with Gasteiger partial charge in [0.1, 0.15) is 5.75 Å². The van der Waals surface area contributed by atoms with Gasteiger partial charge in [-0.25, -0.2) is 9.59 Å². The quantitative estimate of drug-likeness (QED) is 0.701. The van der Waals surface area contributed by atoms with Crippen molar-refractivity contribution < 1.29 is 24.5 Å². The average Bonchev–Trinajstić information content (AvgIpc) is 2.19. The third kappa shape index (κ3) is 3.67. The molecule has 17 heavy (non-hydrogen) atoms. The van der Waals surface area contributed by atoms with Crippen molar-refractivity contribution in [3.63, 3.8) is 0 Å². The zero-order chi connectivity index (χ0) is 13.0. The molecule has 0 aromatic heterocycles. The first-order chi connectivity index (χ1) is 7.90. The van der Waals surface area contributed by atoms with Crippen LogP contribution in [0.3, 0.4) is 0 Å². The summed E-state index contributed by atoms with van der Waals surface area (Å²) in [5.41, 5.74) is -0.133. The maximum atomic E-state index is 11.3. The summed E-state index contributed by atoms with van der Waals surface area (Å²) in [6.07, 6.45) is -1.05. The number of hydrogen-bond acceptors (Lipinski definition) is 4. The van der Waals surface area contributed by atoms with Gasteiger partial charge >= 0.3 is 12.1 Å². The minimum Gasteiger partial charge on any atom is -0.508 e. The SMILES string of the molecule is CC(C)OC(=O)Nc1ccc(O)cc1C(=O)O. The van der Waals surface area contributed by atoms with E-state index < -0.39 is 12.1 Å². The summed E-state index contributed by atoms with van der Waals surface area (Å²) in [6.45, 7) is 3.35. The summed E-state index contributed by atoms with van der Waals surface area (Å²) in [5.74, 6) is -1.44. The van der Waals surface area contributed by atoms with Crippen molar-refractivity contribution in [3.05, 3.63) is 23.8 Å². The van der Waals surface area contributed by atoms with E-state index in [1.807, 2.05) is 0 Å². The molecule has 6 nitrogen and oxygen atoms in total. The molecule has 92 valence electrons. The van der Waals surface area contributed by atoms with Gasteiger partial charge in [0.15, 0.2) is 0 Å². The highest BCUT2D eigenvalue weighted by atomic mass is 16.6. The van der Waals surface area contributed by atoms with E-state index in [4.69, 9.17) is 14.9 Å². The Morgan fingerprint density at radius 3 is 2.53 bits per heavy atom. The minimum absolute atomic E-state index is 0.0703. The van der Waals surface area contributed by atoms with Gasteiger partial charge in [-0.3, -0.25) is 5.32 Å². The van der Waals surface area contributed by atoms with Crippen LogP contribution in [0, 0.1) is 0 Å². The van der Waals surface area contributed by atoms with Gasteiger partial charge in [0.05, 0.1) is 17.4 Å². The minimum atomic E-state index is -1.25. The number of aromatic carboxylic acids is 1. The molecule has 0 fully saturated rings. The number of anilines is 1. The standard InChI is InChI=1S/C11H13NO5/c1-6(2)17-11(16)12-9-4-3-7(13)5-8(9)10(14)15/h3-6,13H,1-2H3,(H,12,16)(H,14,15). The van der Waals surface area contributed by atoms with Gasteiger partial charge in [-0.05, 0) is 32.0 Å². The summed E-state index contributed by atoms with van der Waals surface area (Å²) in [7, 11) is 0. The highest BCUT2D eigenvalue weighted by Crippen LogP contribution is 2.21. The number of rotatable bonds is 3. The van der Waals surface area contributed by atoms with Crippen molar-refractivity contribution in [2.75, 3.05) is 5.32 Å². The van der Waals surface area contributed by atoms with E-state index >= 15 is 0 Å². The van der Waals surface area contributed by atoms with E-state index in [1.165, 1.54) is 12.1 Å². The molecule has 0 aliphatic heterocycles. The molecule has 3 N–H and O–H groups in total. The molecule has 0 bridgehead atoms. The van der Waals surface area contributed by atoms with Crippen molar-refractivity contribution in [2.24, 2.45) is 0 Å². The Morgan fingerprint density at radius 1 is 1.35 bits per heavy atom. The topological polar surface area (TPSA) is 95.9 Å². The van der Waals surface area contributed by atoms with Crippen LogP contribution in [0.15, 0.2) is 18.2 Å². The average molecular weight is 239 g/mol. The predicted molar refractivity (Wildman–Crippen MR) is 60.3 cm³/mol. The largest absolute Gasteiger partial charge is 0.508 e. The number of carbonyl (C=O) groups excluding carboxylic acids is 1. The fourth-order valence-electron chi connectivity index (χ4n) is 1.17. The lowest BCUT2D eigenvalue weighted by atomic mass is 10.1. The van der Waals surface area contributed by atoms with Crippen LogP contribution in [0.25, 0.3) is 0 Å². The molecule has 0 heterocycles. The third-order valence-electron chi connectivity index (χ3n) is 1.81. The second-order valence-corrected chi connectivity index (χ2v) is 3.61. The summed E-state index contributed by atoms with van der Waals surface area (Å²) in [5, 5.41) is 20.3. The van der Waals surface area contributed by atoms with Crippen LogP contribution in [-0.4, -0.2) is 28.4 Å². The van der Waals surface area contributed by atoms with Crippen LogP contribution in [0.2, 0.25) is 0 Å². The van der Waals surface area contributed by atoms with Crippen LogP contribution < -0.4 is 5.32 Å². The Hall–Kier alpha value is -2.24. The number of amides is 1. The maximum Gasteiger partial charge on any atom is 0.411 e. The molecular formula is C11H13NO5. The highest BCUT2D eigenvalue weighted by Gasteiger charge is 2.14. The number of benzene rings is 1. The fraction of sp³-hybridized carbons (Fsp3) is 0.273. The number of phenols is 1. The number of carboxylic acids is 1. The molecule has 1 rings (SSSR count). The second kappa shape index (κ2) is 5.20. The monoisotopic (exact) mass is 239 g/mol. The number of phenolic OH excluding ortho intramolecular Hbond substituents is 1. The second-order valence-electron chi connectivity index (χ2n) is 3.61. The Balaban J connectivity index is 2.91. The van der Waals surface area contributed by atoms with Gasteiger partial charge in [-0.2, -0.15) is 0 Å². The summed E-state index contributed by atoms with van der Waals surface area (Å²) in [4.78, 5) is 22.2. The van der Waals surface area contributed by atoms with E-state index in [0.29, 0.717) is 0 Å². The first kappa shape index (κ1) is 12.8. The lowest BCUT2D eigenvalue weighted by molar-refractivity contribution is 0.0697. The van der Waals surface area contributed by atoms with Crippen LogP contribution in [0.5, 0.6) is 5.75 Å². The fourth-order valence-corrected chi connectivity index (χ4v) is 1.17. The molecule has 1 amide bonds. The lowest BCUT2D eigenvalue weighted by Crippen LogP contribution is -2.19. The zero-order valence-electron chi connectivity index (χ0n) is 9.43. The first-order valence-electron chi connectivity index (χ1n) is 4.94. The Labute approximate surface area is 97.8 Å². The molecule has 0 aliphatic carbocycles. The van der Waals surface area contributed by atoms with Crippen LogP contribution >= 0.6 is 0 Å². The van der Waals surface area contributed by atoms with Gasteiger partial charge in [-0.15, -0.1) is 0 Å². The molecule has 0 unspecified atom stereocenters. The van der Waals surface area contributed by atoms with E-state index in [9.17, 15) is 9.59 Å². The van der Waals surface area contributed by atoms with E-state index in [-0.39, 0.29) is 23.1 Å². The molecule has 0 saturated carbocycles. The zero-order valence-corrected chi connectivity index (χ0v) is 9.43. The van der Waals surface area contributed by atoms with Gasteiger partial charge < -0.3 is 14.9 Å². The smallest absolute Gasteiger partial charge is 0.411 e. The van der Waals surface area contributed by atoms with Gasteiger partial charge in [0, 0.05) is 0 Å². The molecule has 0 atom stereocenters. The number of aromatic hydroxyl groups is 1. The number of nitrogens with one attached hydrogen (secondary N) is 1. The van der Waals surface area contributed by atoms with Crippen molar-refractivity contribution >= 4 is 17.7 Å².